The molecule has 0 radical (unpaired) electrons. The molecule has 3 fully saturated rings. The molecule has 2 aromatic rings. The van der Waals surface area contributed by atoms with Crippen molar-refractivity contribution in [2.24, 2.45) is 0 Å². The molecule has 2 atom stereocenters. The molecule has 0 amide bonds. The maximum Gasteiger partial charge on any atom is 0.269 e. The standard InChI is InChI=1S/C25H35N7O4S/c33-32(34)21-7-9-23(10-8-21)37(35,36)31-16-5-6-22(19-31)30-17-12-20(18-30)27-25-26-13-11-24(28-25)29-14-3-1-2-4-15-29/h7-11,13,20,22H,1-6,12,14-19H2,(H,26,27,28). The Morgan fingerprint density at radius 2 is 1.68 bits per heavy atom. The molecular formula is C25H35N7O4S. The number of nitrogens with zero attached hydrogens (tertiary/aromatic N) is 6. The summed E-state index contributed by atoms with van der Waals surface area (Å²) in [4.78, 5) is 24.5. The predicted octanol–water partition coefficient (Wildman–Crippen LogP) is 3.10. The number of anilines is 2. The van der Waals surface area contributed by atoms with E-state index in [-0.39, 0.29) is 22.7 Å². The van der Waals surface area contributed by atoms with Crippen molar-refractivity contribution in [3.05, 3.63) is 46.6 Å². The van der Waals surface area contributed by atoms with Crippen LogP contribution in [0, 0.1) is 10.1 Å². The normalized spacial score (nSPS) is 24.1. The van der Waals surface area contributed by atoms with Crippen LogP contribution in [-0.2, 0) is 10.0 Å². The molecule has 3 aliphatic rings. The first kappa shape index (κ1) is 25.8. The van der Waals surface area contributed by atoms with Gasteiger partial charge in [0.05, 0.1) is 9.82 Å². The van der Waals surface area contributed by atoms with E-state index < -0.39 is 14.9 Å². The molecule has 37 heavy (non-hydrogen) atoms. The second kappa shape index (κ2) is 11.3. The fourth-order valence-electron chi connectivity index (χ4n) is 5.64. The number of rotatable bonds is 7. The monoisotopic (exact) mass is 529 g/mol. The minimum atomic E-state index is -3.70. The number of likely N-dealkylation sites (tertiary alicyclic amines) is 1. The Hall–Kier alpha value is -2.83. The van der Waals surface area contributed by atoms with Crippen LogP contribution in [-0.4, -0.2) is 83.9 Å². The number of nitro groups is 1. The molecule has 3 aliphatic heterocycles. The van der Waals surface area contributed by atoms with Crippen molar-refractivity contribution in [2.45, 2.75) is 61.9 Å². The first-order chi connectivity index (χ1) is 17.9. The van der Waals surface area contributed by atoms with Gasteiger partial charge in [0.25, 0.3) is 5.69 Å². The molecule has 1 aromatic carbocycles. The maximum atomic E-state index is 13.2. The SMILES string of the molecule is O=[N+]([O-])c1ccc(S(=O)(=O)N2CCCC(N3CCC(Nc4nccc(N5CCCCCC5)n4)C3)C2)cc1. The number of benzene rings is 1. The highest BCUT2D eigenvalue weighted by molar-refractivity contribution is 7.89. The highest BCUT2D eigenvalue weighted by Crippen LogP contribution is 2.27. The van der Waals surface area contributed by atoms with E-state index >= 15 is 0 Å². The van der Waals surface area contributed by atoms with Crippen molar-refractivity contribution in [1.82, 2.24) is 19.2 Å². The van der Waals surface area contributed by atoms with E-state index in [2.05, 4.69) is 20.1 Å². The average Bonchev–Trinajstić information content (AvgIpc) is 3.20. The van der Waals surface area contributed by atoms with Crippen LogP contribution >= 0.6 is 0 Å². The lowest BCUT2D eigenvalue weighted by molar-refractivity contribution is -0.384. The minimum absolute atomic E-state index is 0.0983. The van der Waals surface area contributed by atoms with Gasteiger partial charge in [-0.25, -0.2) is 13.4 Å². The van der Waals surface area contributed by atoms with Gasteiger partial charge in [-0.3, -0.25) is 15.0 Å². The van der Waals surface area contributed by atoms with Crippen LogP contribution in [0.25, 0.3) is 0 Å². The Morgan fingerprint density at radius 3 is 2.41 bits per heavy atom. The van der Waals surface area contributed by atoms with Crippen LogP contribution in [0.5, 0.6) is 0 Å². The van der Waals surface area contributed by atoms with Crippen LogP contribution in [0.3, 0.4) is 0 Å². The molecule has 12 heteroatoms. The van der Waals surface area contributed by atoms with E-state index in [1.165, 1.54) is 54.3 Å². The molecule has 1 N–H and O–H groups in total. The van der Waals surface area contributed by atoms with Crippen LogP contribution < -0.4 is 10.2 Å². The molecule has 0 spiro atoms. The van der Waals surface area contributed by atoms with E-state index in [1.807, 2.05) is 12.3 Å². The van der Waals surface area contributed by atoms with Gasteiger partial charge in [-0.1, -0.05) is 12.8 Å². The van der Waals surface area contributed by atoms with Gasteiger partial charge < -0.3 is 10.2 Å². The first-order valence-corrected chi connectivity index (χ1v) is 14.7. The zero-order valence-electron chi connectivity index (χ0n) is 21.0. The van der Waals surface area contributed by atoms with Crippen LogP contribution in [0.1, 0.15) is 44.9 Å². The number of non-ortho nitro benzene ring substituents is 1. The van der Waals surface area contributed by atoms with Crippen molar-refractivity contribution in [3.8, 4) is 0 Å². The summed E-state index contributed by atoms with van der Waals surface area (Å²) < 4.78 is 28.0. The molecule has 2 unspecified atom stereocenters. The Labute approximate surface area is 218 Å². The van der Waals surface area contributed by atoms with Crippen molar-refractivity contribution < 1.29 is 13.3 Å². The molecule has 200 valence electrons. The fourth-order valence-corrected chi connectivity index (χ4v) is 7.16. The molecule has 4 heterocycles. The first-order valence-electron chi connectivity index (χ1n) is 13.2. The molecule has 5 rings (SSSR count). The second-order valence-electron chi connectivity index (χ2n) is 10.2. The topological polar surface area (TPSA) is 125 Å². The Balaban J connectivity index is 1.19. The number of hydrogen-bond acceptors (Lipinski definition) is 9. The number of aromatic nitrogens is 2. The van der Waals surface area contributed by atoms with Gasteiger partial charge in [0.15, 0.2) is 0 Å². The van der Waals surface area contributed by atoms with Crippen LogP contribution in [0.15, 0.2) is 41.4 Å². The summed E-state index contributed by atoms with van der Waals surface area (Å²) in [7, 11) is -3.70. The molecule has 3 saturated heterocycles. The molecule has 0 aliphatic carbocycles. The minimum Gasteiger partial charge on any atom is -0.356 e. The van der Waals surface area contributed by atoms with E-state index in [9.17, 15) is 18.5 Å². The maximum absolute atomic E-state index is 13.2. The summed E-state index contributed by atoms with van der Waals surface area (Å²) in [5.74, 6) is 1.63. The third-order valence-corrected chi connectivity index (χ3v) is 9.56. The van der Waals surface area contributed by atoms with Crippen molar-refractivity contribution in [1.29, 1.82) is 0 Å². The number of hydrogen-bond donors (Lipinski definition) is 1. The number of piperidine rings is 1. The Bertz CT molecular complexity index is 1190. The highest BCUT2D eigenvalue weighted by atomic mass is 32.2. The second-order valence-corrected chi connectivity index (χ2v) is 12.1. The van der Waals surface area contributed by atoms with Gasteiger partial charge in [-0.2, -0.15) is 9.29 Å². The number of nitrogens with one attached hydrogen (secondary N) is 1. The van der Waals surface area contributed by atoms with Gasteiger partial charge >= 0.3 is 0 Å². The summed E-state index contributed by atoms with van der Waals surface area (Å²) in [6.07, 6.45) is 9.45. The van der Waals surface area contributed by atoms with Crippen LogP contribution in [0.4, 0.5) is 17.5 Å². The largest absolute Gasteiger partial charge is 0.356 e. The van der Waals surface area contributed by atoms with E-state index in [1.54, 1.807) is 0 Å². The summed E-state index contributed by atoms with van der Waals surface area (Å²) in [5.41, 5.74) is -0.118. The summed E-state index contributed by atoms with van der Waals surface area (Å²) in [6, 6.07) is 7.47. The van der Waals surface area contributed by atoms with Crippen molar-refractivity contribution in [2.75, 3.05) is 49.5 Å². The molecular weight excluding hydrogens is 494 g/mol. The van der Waals surface area contributed by atoms with E-state index in [0.717, 1.165) is 51.3 Å². The fraction of sp³-hybridized carbons (Fsp3) is 0.600. The summed E-state index contributed by atoms with van der Waals surface area (Å²) in [6.45, 7) is 4.66. The van der Waals surface area contributed by atoms with Gasteiger partial charge in [-0.15, -0.1) is 0 Å². The van der Waals surface area contributed by atoms with Crippen molar-refractivity contribution in [3.63, 3.8) is 0 Å². The van der Waals surface area contributed by atoms with Crippen LogP contribution in [0.2, 0.25) is 0 Å². The molecule has 0 bridgehead atoms. The smallest absolute Gasteiger partial charge is 0.269 e. The van der Waals surface area contributed by atoms with Gasteiger partial charge in [0, 0.05) is 69.7 Å². The van der Waals surface area contributed by atoms with E-state index in [0.29, 0.717) is 19.0 Å². The zero-order chi connectivity index (χ0) is 25.8. The molecule has 11 nitrogen and oxygen atoms in total. The van der Waals surface area contributed by atoms with Gasteiger partial charge in [0.1, 0.15) is 5.82 Å². The van der Waals surface area contributed by atoms with Gasteiger partial charge in [-0.05, 0) is 50.3 Å². The molecule has 0 saturated carbocycles. The lowest BCUT2D eigenvalue weighted by Gasteiger charge is -2.37. The average molecular weight is 530 g/mol. The van der Waals surface area contributed by atoms with Gasteiger partial charge in [0.2, 0.25) is 16.0 Å². The quantitative estimate of drug-likeness (QED) is 0.425. The Kier molecular flexibility index (Phi) is 7.87. The third kappa shape index (κ3) is 6.02. The number of nitro benzene ring substituents is 1. The Morgan fingerprint density at radius 1 is 0.919 bits per heavy atom. The van der Waals surface area contributed by atoms with E-state index in [4.69, 9.17) is 4.98 Å². The lowest BCUT2D eigenvalue weighted by atomic mass is 10.1. The lowest BCUT2D eigenvalue weighted by Crippen LogP contribution is -2.49. The summed E-state index contributed by atoms with van der Waals surface area (Å²) in [5, 5.41) is 14.4. The third-order valence-electron chi connectivity index (χ3n) is 7.68. The number of sulfonamides is 1. The zero-order valence-corrected chi connectivity index (χ0v) is 21.9. The van der Waals surface area contributed by atoms with Crippen molar-refractivity contribution >= 4 is 27.5 Å². The predicted molar refractivity (Wildman–Crippen MR) is 141 cm³/mol. The molecule has 1 aromatic heterocycles. The highest BCUT2D eigenvalue weighted by Gasteiger charge is 2.36. The summed E-state index contributed by atoms with van der Waals surface area (Å²) >= 11 is 0.